The topological polar surface area (TPSA) is 39.1 Å². The van der Waals surface area contributed by atoms with Crippen molar-refractivity contribution >= 4 is 21.8 Å². The molecule has 0 unspecified atom stereocenters. The van der Waals surface area contributed by atoms with E-state index in [0.717, 1.165) is 10.5 Å². The van der Waals surface area contributed by atoms with Crippen LogP contribution in [0, 0.1) is 6.92 Å². The van der Waals surface area contributed by atoms with Crippen molar-refractivity contribution in [3.05, 3.63) is 78.5 Å². The fraction of sp³-hybridized carbons (Fsp3) is 0.0588. The van der Waals surface area contributed by atoms with E-state index in [1.807, 2.05) is 43.3 Å². The van der Waals surface area contributed by atoms with Crippen LogP contribution >= 0.6 is 11.8 Å². The highest BCUT2D eigenvalue weighted by atomic mass is 32.2. The first-order chi connectivity index (χ1) is 10.6. The van der Waals surface area contributed by atoms with Crippen LogP contribution in [0.5, 0.6) is 0 Å². The molecule has 1 aromatic heterocycles. The fourth-order valence-corrected chi connectivity index (χ4v) is 4.53. The van der Waals surface area contributed by atoms with Gasteiger partial charge in [-0.1, -0.05) is 47.7 Å². The Labute approximate surface area is 134 Å². The highest BCUT2D eigenvalue weighted by Gasteiger charge is 2.19. The van der Waals surface area contributed by atoms with Crippen LogP contribution in [-0.4, -0.2) is 12.4 Å². The van der Waals surface area contributed by atoms with Crippen LogP contribution in [0.1, 0.15) is 5.56 Å². The minimum absolute atomic E-state index is 0.296. The predicted molar refractivity (Wildman–Crippen MR) is 88.8 cm³/mol. The summed E-state index contributed by atoms with van der Waals surface area (Å²) in [5.41, 5.74) is 1.03. The average Bonchev–Trinajstić information content (AvgIpc) is 2.98. The molecule has 3 rings (SSSR count). The largest absolute Gasteiger partial charge is 0.268 e. The lowest BCUT2D eigenvalue weighted by atomic mass is 10.2. The van der Waals surface area contributed by atoms with E-state index in [1.165, 1.54) is 15.7 Å². The normalized spacial score (nSPS) is 11.5. The quantitative estimate of drug-likeness (QED) is 0.720. The fourth-order valence-electron chi connectivity index (χ4n) is 2.06. The standard InChI is InChI=1S/C17H15NO2S2/c1-14-9-11-16(12-10-14)22(19,20)18-13-5-8-17(18)21-15-6-3-2-4-7-15/h2-13H,1H3. The van der Waals surface area contributed by atoms with Crippen LogP contribution < -0.4 is 0 Å². The second kappa shape index (κ2) is 6.02. The summed E-state index contributed by atoms with van der Waals surface area (Å²) in [6.45, 7) is 1.93. The van der Waals surface area contributed by atoms with Gasteiger partial charge < -0.3 is 0 Å². The summed E-state index contributed by atoms with van der Waals surface area (Å²) in [7, 11) is -3.57. The van der Waals surface area contributed by atoms with Gasteiger partial charge in [-0.15, -0.1) is 0 Å². The van der Waals surface area contributed by atoms with E-state index in [1.54, 1.807) is 36.5 Å². The van der Waals surface area contributed by atoms with Gasteiger partial charge in [0.15, 0.2) is 0 Å². The summed E-state index contributed by atoms with van der Waals surface area (Å²) in [6, 6.07) is 20.2. The third kappa shape index (κ3) is 2.96. The lowest BCUT2D eigenvalue weighted by Gasteiger charge is -2.10. The van der Waals surface area contributed by atoms with Gasteiger partial charge in [-0.3, -0.25) is 0 Å². The molecule has 0 saturated carbocycles. The third-order valence-corrected chi connectivity index (χ3v) is 6.09. The van der Waals surface area contributed by atoms with Gasteiger partial charge in [-0.2, -0.15) is 0 Å². The number of aromatic nitrogens is 1. The van der Waals surface area contributed by atoms with Crippen LogP contribution in [0.4, 0.5) is 0 Å². The maximum Gasteiger partial charge on any atom is 0.268 e. The second-order valence-corrected chi connectivity index (χ2v) is 7.78. The Kier molecular flexibility index (Phi) is 4.09. The number of hydrogen-bond acceptors (Lipinski definition) is 3. The van der Waals surface area contributed by atoms with Crippen LogP contribution in [0.25, 0.3) is 0 Å². The molecule has 0 fully saturated rings. The van der Waals surface area contributed by atoms with Gasteiger partial charge in [0.2, 0.25) is 0 Å². The Bertz CT molecular complexity index is 867. The minimum Gasteiger partial charge on any atom is -0.235 e. The maximum absolute atomic E-state index is 12.8. The summed E-state index contributed by atoms with van der Waals surface area (Å²) >= 11 is 1.43. The van der Waals surface area contributed by atoms with Gasteiger partial charge in [-0.25, -0.2) is 12.4 Å². The number of aryl methyl sites for hydroxylation is 1. The van der Waals surface area contributed by atoms with Crippen molar-refractivity contribution in [2.75, 3.05) is 0 Å². The summed E-state index contributed by atoms with van der Waals surface area (Å²) in [6.07, 6.45) is 1.58. The zero-order valence-electron chi connectivity index (χ0n) is 12.0. The maximum atomic E-state index is 12.8. The first-order valence-electron chi connectivity index (χ1n) is 6.80. The number of rotatable bonds is 4. The average molecular weight is 329 g/mol. The molecule has 112 valence electrons. The first-order valence-corrected chi connectivity index (χ1v) is 9.05. The number of nitrogens with zero attached hydrogens (tertiary/aromatic N) is 1. The molecule has 2 aromatic carbocycles. The molecular weight excluding hydrogens is 314 g/mol. The van der Waals surface area contributed by atoms with Gasteiger partial charge >= 0.3 is 0 Å². The molecule has 0 spiro atoms. The van der Waals surface area contributed by atoms with E-state index in [9.17, 15) is 8.42 Å². The Balaban J connectivity index is 1.99. The molecule has 0 amide bonds. The van der Waals surface area contributed by atoms with Gasteiger partial charge in [-0.05, 0) is 43.3 Å². The zero-order chi connectivity index (χ0) is 15.6. The molecule has 0 aliphatic carbocycles. The molecule has 0 bridgehead atoms. The van der Waals surface area contributed by atoms with Crippen molar-refractivity contribution in [1.29, 1.82) is 0 Å². The van der Waals surface area contributed by atoms with Gasteiger partial charge in [0.25, 0.3) is 10.0 Å². The SMILES string of the molecule is Cc1ccc(S(=O)(=O)n2cccc2Sc2ccccc2)cc1. The second-order valence-electron chi connectivity index (χ2n) is 4.88. The molecule has 0 aliphatic heterocycles. The highest BCUT2D eigenvalue weighted by Crippen LogP contribution is 2.30. The molecule has 3 nitrogen and oxygen atoms in total. The molecule has 5 heteroatoms. The number of hydrogen-bond donors (Lipinski definition) is 0. The van der Waals surface area contributed by atoms with Crippen LogP contribution in [0.2, 0.25) is 0 Å². The molecule has 0 N–H and O–H groups in total. The molecule has 0 aliphatic rings. The van der Waals surface area contributed by atoms with Crippen molar-refractivity contribution in [3.63, 3.8) is 0 Å². The van der Waals surface area contributed by atoms with Gasteiger partial charge in [0.05, 0.1) is 9.92 Å². The van der Waals surface area contributed by atoms with Crippen LogP contribution in [-0.2, 0) is 10.0 Å². The van der Waals surface area contributed by atoms with E-state index in [2.05, 4.69) is 0 Å². The van der Waals surface area contributed by atoms with Gasteiger partial charge in [0.1, 0.15) is 0 Å². The lowest BCUT2D eigenvalue weighted by molar-refractivity contribution is 0.583. The smallest absolute Gasteiger partial charge is 0.235 e. The number of benzene rings is 2. The summed E-state index contributed by atoms with van der Waals surface area (Å²) in [5, 5.41) is 0.673. The monoisotopic (exact) mass is 329 g/mol. The Morgan fingerprint density at radius 1 is 0.864 bits per heavy atom. The molecule has 0 atom stereocenters. The first kappa shape index (κ1) is 14.9. The van der Waals surface area contributed by atoms with E-state index >= 15 is 0 Å². The van der Waals surface area contributed by atoms with Crippen molar-refractivity contribution in [3.8, 4) is 0 Å². The summed E-state index contributed by atoms with van der Waals surface area (Å²) < 4.78 is 26.9. The Morgan fingerprint density at radius 3 is 2.23 bits per heavy atom. The molecule has 0 saturated heterocycles. The van der Waals surface area contributed by atoms with Gasteiger partial charge in [0, 0.05) is 11.1 Å². The molecule has 0 radical (unpaired) electrons. The third-order valence-electron chi connectivity index (χ3n) is 3.22. The van der Waals surface area contributed by atoms with Crippen LogP contribution in [0.3, 0.4) is 0 Å². The molecule has 1 heterocycles. The van der Waals surface area contributed by atoms with E-state index < -0.39 is 10.0 Å². The minimum atomic E-state index is -3.57. The van der Waals surface area contributed by atoms with Crippen LogP contribution in [0.15, 0.2) is 87.7 Å². The molecule has 3 aromatic rings. The Morgan fingerprint density at radius 2 is 1.55 bits per heavy atom. The van der Waals surface area contributed by atoms with Crippen molar-refractivity contribution < 1.29 is 8.42 Å². The van der Waals surface area contributed by atoms with Crippen molar-refractivity contribution in [2.45, 2.75) is 21.7 Å². The highest BCUT2D eigenvalue weighted by molar-refractivity contribution is 8.00. The van der Waals surface area contributed by atoms with Crippen molar-refractivity contribution in [2.24, 2.45) is 0 Å². The molecule has 22 heavy (non-hydrogen) atoms. The van der Waals surface area contributed by atoms with E-state index in [-0.39, 0.29) is 0 Å². The molecular formula is C17H15NO2S2. The predicted octanol–water partition coefficient (Wildman–Crippen LogP) is 4.18. The Hall–Kier alpha value is -1.98. The summed E-state index contributed by atoms with van der Waals surface area (Å²) in [5.74, 6) is 0. The van der Waals surface area contributed by atoms with E-state index in [0.29, 0.717) is 9.92 Å². The van der Waals surface area contributed by atoms with Crippen molar-refractivity contribution in [1.82, 2.24) is 3.97 Å². The van der Waals surface area contributed by atoms with E-state index in [4.69, 9.17) is 0 Å². The lowest BCUT2D eigenvalue weighted by Crippen LogP contribution is -2.12. The summed E-state index contributed by atoms with van der Waals surface area (Å²) in [4.78, 5) is 1.30. The zero-order valence-corrected chi connectivity index (χ0v) is 13.6.